The minimum Gasteiger partial charge on any atom is -0.504 e. The van der Waals surface area contributed by atoms with E-state index in [1.165, 1.54) is 6.07 Å². The number of aliphatic carboxylic acids is 1. The van der Waals surface area contributed by atoms with E-state index in [9.17, 15) is 35.1 Å². The number of carboxylic acids is 1. The number of aromatic hydroxyl groups is 2. The van der Waals surface area contributed by atoms with Crippen molar-refractivity contribution in [1.29, 1.82) is 0 Å². The van der Waals surface area contributed by atoms with Crippen molar-refractivity contribution in [2.45, 2.75) is 37.8 Å². The van der Waals surface area contributed by atoms with Gasteiger partial charge in [-0.1, -0.05) is 66.7 Å². The molecular weight excluding hydrogens is 480 g/mol. The van der Waals surface area contributed by atoms with E-state index in [4.69, 9.17) is 4.74 Å². The average molecular weight is 513 g/mol. The Bertz CT molecular complexity index is 1130. The molecule has 0 fully saturated rings. The summed E-state index contributed by atoms with van der Waals surface area (Å²) in [6, 6.07) is 20.2. The molecule has 3 aromatic rings. The van der Waals surface area contributed by atoms with Crippen LogP contribution >= 0.6 is 0 Å². The van der Waals surface area contributed by atoms with Gasteiger partial charge in [-0.2, -0.15) is 0 Å². The molecule has 7 N–H and O–H groups in total. The molecule has 1 unspecified atom stereocenters. The molecule has 3 aromatic carbocycles. The summed E-state index contributed by atoms with van der Waals surface area (Å²) in [6.45, 7) is 1.90. The standard InChI is InChI=1S/C17H17NO7.C10H15NO/c19-12-7-6-11(8-13(12)20)15(21)14(16(22)23)18-17(24)25-9-10-4-2-1-3-5-10;1-8(11-2)10(12)9-6-4-3-5-7-9/h1-8,14-15,19-21H,9H2,(H,18,24)(H,22,23);3-8,10-12H,1-2H3/t14-,15?;8-,10-/m10/s1. The van der Waals surface area contributed by atoms with Crippen LogP contribution in [0.3, 0.4) is 0 Å². The van der Waals surface area contributed by atoms with Gasteiger partial charge in [0.25, 0.3) is 0 Å². The summed E-state index contributed by atoms with van der Waals surface area (Å²) >= 11 is 0. The van der Waals surface area contributed by atoms with Crippen LogP contribution in [0.15, 0.2) is 78.9 Å². The zero-order chi connectivity index (χ0) is 27.4. The Morgan fingerprint density at radius 2 is 1.43 bits per heavy atom. The molecule has 0 heterocycles. The summed E-state index contributed by atoms with van der Waals surface area (Å²) in [6.07, 6.45) is -3.09. The number of phenols is 2. The van der Waals surface area contributed by atoms with Gasteiger partial charge in [-0.3, -0.25) is 0 Å². The van der Waals surface area contributed by atoms with Gasteiger partial charge in [0, 0.05) is 6.04 Å². The van der Waals surface area contributed by atoms with E-state index < -0.39 is 41.8 Å². The van der Waals surface area contributed by atoms with E-state index in [0.29, 0.717) is 5.56 Å². The maximum atomic E-state index is 11.8. The van der Waals surface area contributed by atoms with E-state index in [1.807, 2.05) is 44.3 Å². The van der Waals surface area contributed by atoms with E-state index in [0.717, 1.165) is 17.7 Å². The fraction of sp³-hybridized carbons (Fsp3) is 0.259. The Hall–Kier alpha value is -4.12. The van der Waals surface area contributed by atoms with Crippen LogP contribution in [0.25, 0.3) is 0 Å². The van der Waals surface area contributed by atoms with Gasteiger partial charge in [0.1, 0.15) is 12.7 Å². The Balaban J connectivity index is 0.000000335. The molecule has 0 spiro atoms. The van der Waals surface area contributed by atoms with Crippen molar-refractivity contribution in [1.82, 2.24) is 10.6 Å². The number of carbonyl (C=O) groups excluding carboxylic acids is 1. The van der Waals surface area contributed by atoms with Crippen molar-refractivity contribution in [3.8, 4) is 11.5 Å². The molecule has 0 aliphatic rings. The number of carbonyl (C=O) groups is 2. The lowest BCUT2D eigenvalue weighted by molar-refractivity contribution is -0.142. The van der Waals surface area contributed by atoms with Gasteiger partial charge in [-0.25, -0.2) is 9.59 Å². The number of hydrogen-bond donors (Lipinski definition) is 7. The number of ether oxygens (including phenoxy) is 1. The number of rotatable bonds is 9. The van der Waals surface area contributed by atoms with Crippen LogP contribution < -0.4 is 10.6 Å². The minimum absolute atomic E-state index is 0.00561. The Morgan fingerprint density at radius 3 is 1.97 bits per heavy atom. The van der Waals surface area contributed by atoms with Crippen molar-refractivity contribution in [2.75, 3.05) is 7.05 Å². The number of benzene rings is 3. The smallest absolute Gasteiger partial charge is 0.408 e. The van der Waals surface area contributed by atoms with Gasteiger partial charge in [-0.05, 0) is 42.8 Å². The number of aliphatic hydroxyl groups excluding tert-OH is 2. The third kappa shape index (κ3) is 9.12. The lowest BCUT2D eigenvalue weighted by atomic mass is 10.0. The maximum absolute atomic E-state index is 11.8. The number of likely N-dealkylation sites (N-methyl/N-ethyl adjacent to an activating group) is 1. The molecule has 10 heteroatoms. The second-order valence-electron chi connectivity index (χ2n) is 8.15. The summed E-state index contributed by atoms with van der Waals surface area (Å²) in [5.74, 6) is -2.43. The highest BCUT2D eigenvalue weighted by molar-refractivity contribution is 5.80. The van der Waals surface area contributed by atoms with E-state index in [-0.39, 0.29) is 18.2 Å². The molecule has 0 saturated carbocycles. The van der Waals surface area contributed by atoms with Crippen LogP contribution in [0.4, 0.5) is 4.79 Å². The predicted molar refractivity (Wildman–Crippen MR) is 136 cm³/mol. The topological polar surface area (TPSA) is 169 Å². The minimum atomic E-state index is -1.70. The molecule has 0 radical (unpaired) electrons. The van der Waals surface area contributed by atoms with Crippen molar-refractivity contribution < 1.29 is 39.9 Å². The number of hydrogen-bond acceptors (Lipinski definition) is 8. The number of aliphatic hydroxyl groups is 2. The Morgan fingerprint density at radius 1 is 0.838 bits per heavy atom. The molecule has 0 aromatic heterocycles. The second kappa shape index (κ2) is 14.4. The number of amides is 1. The van der Waals surface area contributed by atoms with Crippen molar-refractivity contribution in [3.63, 3.8) is 0 Å². The molecule has 0 saturated heterocycles. The van der Waals surface area contributed by atoms with Crippen LogP contribution in [-0.4, -0.2) is 56.7 Å². The molecular formula is C27H32N2O8. The number of alkyl carbamates (subject to hydrolysis) is 1. The lowest BCUT2D eigenvalue weighted by Crippen LogP contribution is -2.45. The average Bonchev–Trinajstić information content (AvgIpc) is 2.92. The third-order valence-corrected chi connectivity index (χ3v) is 5.48. The molecule has 0 bridgehead atoms. The summed E-state index contributed by atoms with van der Waals surface area (Å²) in [7, 11) is 1.84. The first kappa shape index (κ1) is 29.1. The molecule has 37 heavy (non-hydrogen) atoms. The highest BCUT2D eigenvalue weighted by Crippen LogP contribution is 2.29. The van der Waals surface area contributed by atoms with Crippen LogP contribution in [0.5, 0.6) is 11.5 Å². The molecule has 198 valence electrons. The second-order valence-corrected chi connectivity index (χ2v) is 8.15. The van der Waals surface area contributed by atoms with Crippen molar-refractivity contribution in [3.05, 3.63) is 95.6 Å². The van der Waals surface area contributed by atoms with Crippen molar-refractivity contribution >= 4 is 12.1 Å². The number of carboxylic acid groups (broad SMARTS) is 1. The first-order chi connectivity index (χ1) is 17.6. The third-order valence-electron chi connectivity index (χ3n) is 5.48. The van der Waals surface area contributed by atoms with Gasteiger partial charge in [0.2, 0.25) is 0 Å². The number of phenolic OH excluding ortho intramolecular Hbond substituents is 2. The van der Waals surface area contributed by atoms with Crippen LogP contribution in [0, 0.1) is 0 Å². The molecule has 3 rings (SSSR count). The monoisotopic (exact) mass is 512 g/mol. The highest BCUT2D eigenvalue weighted by atomic mass is 16.5. The molecule has 10 nitrogen and oxygen atoms in total. The van der Waals surface area contributed by atoms with Crippen molar-refractivity contribution in [2.24, 2.45) is 0 Å². The molecule has 1 amide bonds. The maximum Gasteiger partial charge on any atom is 0.408 e. The van der Waals surface area contributed by atoms with E-state index in [2.05, 4.69) is 10.6 Å². The highest BCUT2D eigenvalue weighted by Gasteiger charge is 2.30. The summed E-state index contributed by atoms with van der Waals surface area (Å²) in [5, 5.41) is 52.9. The zero-order valence-corrected chi connectivity index (χ0v) is 20.5. The Labute approximate surface area is 214 Å². The van der Waals surface area contributed by atoms with Crippen LogP contribution in [0.2, 0.25) is 0 Å². The van der Waals surface area contributed by atoms with Gasteiger partial charge in [-0.15, -0.1) is 0 Å². The fourth-order valence-electron chi connectivity index (χ4n) is 3.18. The number of nitrogens with one attached hydrogen (secondary N) is 2. The summed E-state index contributed by atoms with van der Waals surface area (Å²) in [4.78, 5) is 23.1. The molecule has 0 aliphatic heterocycles. The van der Waals surface area contributed by atoms with Crippen LogP contribution in [0.1, 0.15) is 35.8 Å². The van der Waals surface area contributed by atoms with Gasteiger partial charge < -0.3 is 40.9 Å². The first-order valence-electron chi connectivity index (χ1n) is 11.4. The van der Waals surface area contributed by atoms with Gasteiger partial charge in [0.05, 0.1) is 6.10 Å². The molecule has 0 aliphatic carbocycles. The quantitative estimate of drug-likeness (QED) is 0.213. The predicted octanol–water partition coefficient (Wildman–Crippen LogP) is 2.84. The lowest BCUT2D eigenvalue weighted by Gasteiger charge is -2.20. The van der Waals surface area contributed by atoms with E-state index in [1.54, 1.807) is 30.3 Å². The normalized spacial score (nSPS) is 13.7. The Kier molecular flexibility index (Phi) is 11.4. The van der Waals surface area contributed by atoms with Crippen LogP contribution in [-0.2, 0) is 16.1 Å². The van der Waals surface area contributed by atoms with E-state index >= 15 is 0 Å². The fourth-order valence-corrected chi connectivity index (χ4v) is 3.18. The summed E-state index contributed by atoms with van der Waals surface area (Å²) in [5.41, 5.74) is 1.68. The van der Waals surface area contributed by atoms with Gasteiger partial charge in [0.15, 0.2) is 17.5 Å². The largest absolute Gasteiger partial charge is 0.504 e. The first-order valence-corrected chi connectivity index (χ1v) is 11.4. The molecule has 4 atom stereocenters. The summed E-state index contributed by atoms with van der Waals surface area (Å²) < 4.78 is 4.92. The zero-order valence-electron chi connectivity index (χ0n) is 20.5. The SMILES string of the molecule is CN[C@@H](C)[C@H](O)c1ccccc1.O=C(N[C@@H](C(=O)O)C(O)c1ccc(O)c(O)c1)OCc1ccccc1. The van der Waals surface area contributed by atoms with Gasteiger partial charge >= 0.3 is 12.1 Å².